The van der Waals surface area contributed by atoms with Crippen LogP contribution in [0, 0.1) is 19.8 Å². The van der Waals surface area contributed by atoms with E-state index in [1.807, 2.05) is 0 Å². The molecule has 0 saturated heterocycles. The Labute approximate surface area is 117 Å². The summed E-state index contributed by atoms with van der Waals surface area (Å²) >= 11 is 0. The lowest BCUT2D eigenvalue weighted by atomic mass is 9.82. The molecule has 1 aromatic carbocycles. The highest BCUT2D eigenvalue weighted by molar-refractivity contribution is 5.42. The molecule has 19 heavy (non-hydrogen) atoms. The zero-order valence-electron chi connectivity index (χ0n) is 12.5. The van der Waals surface area contributed by atoms with E-state index in [1.165, 1.54) is 48.8 Å². The minimum Gasteiger partial charge on any atom is -0.496 e. The number of ether oxygens (including phenoxy) is 1. The molecule has 0 spiro atoms. The van der Waals surface area contributed by atoms with Crippen LogP contribution >= 0.6 is 0 Å². The maximum absolute atomic E-state index is 6.45. The molecule has 1 fully saturated rings. The summed E-state index contributed by atoms with van der Waals surface area (Å²) in [6.45, 7) is 4.23. The van der Waals surface area contributed by atoms with Crippen molar-refractivity contribution in [2.45, 2.75) is 58.4 Å². The Kier molecular flexibility index (Phi) is 4.87. The Morgan fingerprint density at radius 2 is 1.84 bits per heavy atom. The summed E-state index contributed by atoms with van der Waals surface area (Å²) in [5.74, 6) is 1.79. The molecule has 1 saturated carbocycles. The summed E-state index contributed by atoms with van der Waals surface area (Å²) in [5.41, 5.74) is 10.2. The molecule has 0 bridgehead atoms. The zero-order chi connectivity index (χ0) is 13.8. The van der Waals surface area contributed by atoms with Crippen molar-refractivity contribution in [2.24, 2.45) is 11.7 Å². The van der Waals surface area contributed by atoms with Gasteiger partial charge in [0.2, 0.25) is 0 Å². The van der Waals surface area contributed by atoms with E-state index in [2.05, 4.69) is 26.0 Å². The van der Waals surface area contributed by atoms with Gasteiger partial charge in [-0.1, -0.05) is 38.2 Å². The SMILES string of the molecule is COc1cc(C)c(C(N)CC2CCCCC2)cc1C. The second-order valence-electron chi connectivity index (χ2n) is 6.02. The third-order valence-corrected chi connectivity index (χ3v) is 4.50. The molecule has 106 valence electrons. The molecule has 2 N–H and O–H groups in total. The first kappa shape index (κ1) is 14.4. The van der Waals surface area contributed by atoms with Gasteiger partial charge in [0, 0.05) is 6.04 Å². The number of methoxy groups -OCH3 is 1. The molecule has 1 unspecified atom stereocenters. The number of nitrogens with two attached hydrogens (primary N) is 1. The van der Waals surface area contributed by atoms with E-state index in [1.54, 1.807) is 7.11 Å². The fourth-order valence-electron chi connectivity index (χ4n) is 3.34. The first-order chi connectivity index (χ1) is 9.11. The van der Waals surface area contributed by atoms with Crippen molar-refractivity contribution < 1.29 is 4.74 Å². The van der Waals surface area contributed by atoms with E-state index in [0.29, 0.717) is 0 Å². The molecular formula is C17H27NO. The number of hydrogen-bond acceptors (Lipinski definition) is 2. The van der Waals surface area contributed by atoms with Crippen LogP contribution in [0.15, 0.2) is 12.1 Å². The normalized spacial score (nSPS) is 18.3. The van der Waals surface area contributed by atoms with Crippen molar-refractivity contribution >= 4 is 0 Å². The molecule has 1 aliphatic rings. The van der Waals surface area contributed by atoms with Crippen LogP contribution in [-0.2, 0) is 0 Å². The quantitative estimate of drug-likeness (QED) is 0.878. The molecule has 2 rings (SSSR count). The molecule has 1 aliphatic carbocycles. The lowest BCUT2D eigenvalue weighted by Crippen LogP contribution is -2.18. The van der Waals surface area contributed by atoms with Crippen LogP contribution in [0.5, 0.6) is 5.75 Å². The Hall–Kier alpha value is -1.02. The predicted molar refractivity (Wildman–Crippen MR) is 80.6 cm³/mol. The standard InChI is InChI=1S/C17H27NO/c1-12-10-17(19-3)13(2)9-15(12)16(18)11-14-7-5-4-6-8-14/h9-10,14,16H,4-8,11,18H2,1-3H3. The van der Waals surface area contributed by atoms with E-state index in [9.17, 15) is 0 Å². The molecular weight excluding hydrogens is 234 g/mol. The zero-order valence-corrected chi connectivity index (χ0v) is 12.5. The Morgan fingerprint density at radius 1 is 1.16 bits per heavy atom. The van der Waals surface area contributed by atoms with Crippen LogP contribution < -0.4 is 10.5 Å². The van der Waals surface area contributed by atoms with Gasteiger partial charge in [-0.05, 0) is 48.9 Å². The van der Waals surface area contributed by atoms with Crippen molar-refractivity contribution in [2.75, 3.05) is 7.11 Å². The van der Waals surface area contributed by atoms with Gasteiger partial charge in [0.15, 0.2) is 0 Å². The molecule has 0 radical (unpaired) electrons. The van der Waals surface area contributed by atoms with Crippen LogP contribution in [0.4, 0.5) is 0 Å². The van der Waals surface area contributed by atoms with Crippen molar-refractivity contribution in [3.05, 3.63) is 28.8 Å². The minimum atomic E-state index is 0.174. The Balaban J connectivity index is 2.09. The molecule has 2 heteroatoms. The van der Waals surface area contributed by atoms with E-state index in [-0.39, 0.29) is 6.04 Å². The summed E-state index contributed by atoms with van der Waals surface area (Å²) in [4.78, 5) is 0. The van der Waals surface area contributed by atoms with Crippen molar-refractivity contribution in [3.8, 4) is 5.75 Å². The molecule has 0 amide bonds. The van der Waals surface area contributed by atoms with Crippen LogP contribution in [0.2, 0.25) is 0 Å². The van der Waals surface area contributed by atoms with Gasteiger partial charge in [0.1, 0.15) is 5.75 Å². The van der Waals surface area contributed by atoms with Gasteiger partial charge in [0.25, 0.3) is 0 Å². The van der Waals surface area contributed by atoms with Crippen LogP contribution in [0.25, 0.3) is 0 Å². The van der Waals surface area contributed by atoms with Crippen molar-refractivity contribution in [1.29, 1.82) is 0 Å². The summed E-state index contributed by atoms with van der Waals surface area (Å²) in [7, 11) is 1.73. The maximum Gasteiger partial charge on any atom is 0.122 e. The summed E-state index contributed by atoms with van der Waals surface area (Å²) in [5, 5.41) is 0. The van der Waals surface area contributed by atoms with E-state index in [0.717, 1.165) is 18.1 Å². The largest absolute Gasteiger partial charge is 0.496 e. The van der Waals surface area contributed by atoms with E-state index >= 15 is 0 Å². The fourth-order valence-corrected chi connectivity index (χ4v) is 3.34. The third kappa shape index (κ3) is 3.50. The second-order valence-corrected chi connectivity index (χ2v) is 6.02. The minimum absolute atomic E-state index is 0.174. The summed E-state index contributed by atoms with van der Waals surface area (Å²) in [6, 6.07) is 4.50. The van der Waals surface area contributed by atoms with Gasteiger partial charge >= 0.3 is 0 Å². The molecule has 2 nitrogen and oxygen atoms in total. The molecule has 1 aromatic rings. The van der Waals surface area contributed by atoms with E-state index < -0.39 is 0 Å². The molecule has 0 aromatic heterocycles. The molecule has 1 atom stereocenters. The molecule has 0 heterocycles. The summed E-state index contributed by atoms with van der Waals surface area (Å²) in [6.07, 6.45) is 8.04. The number of rotatable bonds is 4. The fraction of sp³-hybridized carbons (Fsp3) is 0.647. The lowest BCUT2D eigenvalue weighted by Gasteiger charge is -2.26. The maximum atomic E-state index is 6.45. The first-order valence-electron chi connectivity index (χ1n) is 7.52. The average molecular weight is 261 g/mol. The van der Waals surface area contributed by atoms with Crippen molar-refractivity contribution in [3.63, 3.8) is 0 Å². The third-order valence-electron chi connectivity index (χ3n) is 4.50. The van der Waals surface area contributed by atoms with Crippen LogP contribution in [-0.4, -0.2) is 7.11 Å². The highest BCUT2D eigenvalue weighted by Crippen LogP contribution is 2.33. The highest BCUT2D eigenvalue weighted by Gasteiger charge is 2.19. The van der Waals surface area contributed by atoms with Gasteiger partial charge in [-0.15, -0.1) is 0 Å². The number of hydrogen-bond donors (Lipinski definition) is 1. The van der Waals surface area contributed by atoms with Gasteiger partial charge in [-0.3, -0.25) is 0 Å². The Bertz CT molecular complexity index is 422. The monoisotopic (exact) mass is 261 g/mol. The van der Waals surface area contributed by atoms with Crippen LogP contribution in [0.3, 0.4) is 0 Å². The first-order valence-corrected chi connectivity index (χ1v) is 7.52. The molecule has 0 aliphatic heterocycles. The van der Waals surface area contributed by atoms with Gasteiger partial charge in [0.05, 0.1) is 7.11 Å². The average Bonchev–Trinajstić information content (AvgIpc) is 2.42. The number of aryl methyl sites for hydroxylation is 2. The second kappa shape index (κ2) is 6.42. The lowest BCUT2D eigenvalue weighted by molar-refractivity contribution is 0.319. The van der Waals surface area contributed by atoms with Gasteiger partial charge in [-0.2, -0.15) is 0 Å². The number of benzene rings is 1. The Morgan fingerprint density at radius 3 is 2.47 bits per heavy atom. The van der Waals surface area contributed by atoms with Crippen LogP contribution in [0.1, 0.15) is 61.3 Å². The topological polar surface area (TPSA) is 35.2 Å². The predicted octanol–water partition coefficient (Wildman–Crippen LogP) is 4.28. The summed E-state index contributed by atoms with van der Waals surface area (Å²) < 4.78 is 5.37. The van der Waals surface area contributed by atoms with E-state index in [4.69, 9.17) is 10.5 Å². The van der Waals surface area contributed by atoms with Gasteiger partial charge in [-0.25, -0.2) is 0 Å². The van der Waals surface area contributed by atoms with Crippen molar-refractivity contribution in [1.82, 2.24) is 0 Å². The van der Waals surface area contributed by atoms with Gasteiger partial charge < -0.3 is 10.5 Å². The smallest absolute Gasteiger partial charge is 0.122 e. The highest BCUT2D eigenvalue weighted by atomic mass is 16.5.